The van der Waals surface area contributed by atoms with E-state index in [-0.39, 0.29) is 5.91 Å². The highest BCUT2D eigenvalue weighted by Crippen LogP contribution is 2.29. The van der Waals surface area contributed by atoms with Crippen molar-refractivity contribution in [2.24, 2.45) is 5.92 Å². The second-order valence-corrected chi connectivity index (χ2v) is 8.22. The topological polar surface area (TPSA) is 36.4 Å². The van der Waals surface area contributed by atoms with Gasteiger partial charge in [0.25, 0.3) is 0 Å². The number of aromatic nitrogens is 1. The number of hydrogen-bond acceptors (Lipinski definition) is 5. The third-order valence-corrected chi connectivity index (χ3v) is 6.36. The molecule has 0 radical (unpaired) electrons. The van der Waals surface area contributed by atoms with E-state index in [1.807, 2.05) is 41.8 Å². The molecule has 3 rings (SSSR count). The second-order valence-electron chi connectivity index (χ2n) is 6.30. The zero-order chi connectivity index (χ0) is 16.9. The number of carbonyl (C=O) groups is 1. The lowest BCUT2D eigenvalue weighted by atomic mass is 10.00. The van der Waals surface area contributed by atoms with E-state index in [1.54, 1.807) is 11.3 Å². The Kier molecular flexibility index (Phi) is 6.14. The number of para-hydroxylation sites is 1. The molecule has 1 amide bonds. The zero-order valence-electron chi connectivity index (χ0n) is 14.4. The van der Waals surface area contributed by atoms with Crippen molar-refractivity contribution in [3.63, 3.8) is 0 Å². The number of amides is 1. The minimum atomic E-state index is 0.168. The molecular formula is C18H25N3OS2. The van der Waals surface area contributed by atoms with Gasteiger partial charge in [0.05, 0.1) is 16.8 Å². The number of piperidine rings is 1. The number of fused-ring (bicyclic) bond motifs is 1. The highest BCUT2D eigenvalue weighted by atomic mass is 32.2. The van der Waals surface area contributed by atoms with Gasteiger partial charge in [0, 0.05) is 13.1 Å². The summed E-state index contributed by atoms with van der Waals surface area (Å²) in [6, 6.07) is 8.07. The first kappa shape index (κ1) is 17.7. The average Bonchev–Trinajstić information content (AvgIpc) is 2.99. The zero-order valence-corrected chi connectivity index (χ0v) is 16.0. The Morgan fingerprint density at radius 3 is 3.04 bits per heavy atom. The van der Waals surface area contributed by atoms with Crippen LogP contribution in [0, 0.1) is 5.92 Å². The van der Waals surface area contributed by atoms with Crippen LogP contribution in [0.25, 0.3) is 10.2 Å². The number of likely N-dealkylation sites (tertiary alicyclic amines) is 1. The number of rotatable bonds is 6. The van der Waals surface area contributed by atoms with Crippen molar-refractivity contribution in [1.82, 2.24) is 9.88 Å². The summed E-state index contributed by atoms with van der Waals surface area (Å²) in [5.74, 6) is 2.08. The van der Waals surface area contributed by atoms with Crippen LogP contribution in [0.2, 0.25) is 0 Å². The van der Waals surface area contributed by atoms with Gasteiger partial charge < -0.3 is 0 Å². The molecular weight excluding hydrogens is 338 g/mol. The summed E-state index contributed by atoms with van der Waals surface area (Å²) in [6.45, 7) is 5.28. The first-order chi connectivity index (χ1) is 11.7. The fourth-order valence-electron chi connectivity index (χ4n) is 3.34. The lowest BCUT2D eigenvalue weighted by molar-refractivity contribution is -0.120. The van der Waals surface area contributed by atoms with Crippen molar-refractivity contribution in [3.8, 4) is 0 Å². The monoisotopic (exact) mass is 363 g/mol. The van der Waals surface area contributed by atoms with Gasteiger partial charge in [0.15, 0.2) is 5.13 Å². The molecule has 1 aromatic carbocycles. The van der Waals surface area contributed by atoms with E-state index in [0.29, 0.717) is 13.1 Å². The Bertz CT molecular complexity index is 653. The van der Waals surface area contributed by atoms with Crippen LogP contribution in [0.1, 0.15) is 19.8 Å². The van der Waals surface area contributed by atoms with E-state index in [2.05, 4.69) is 22.2 Å². The predicted molar refractivity (Wildman–Crippen MR) is 105 cm³/mol. The molecule has 0 saturated carbocycles. The molecule has 1 aliphatic rings. The van der Waals surface area contributed by atoms with E-state index in [1.165, 1.54) is 18.6 Å². The molecule has 0 spiro atoms. The molecule has 0 unspecified atom stereocenters. The Morgan fingerprint density at radius 1 is 1.46 bits per heavy atom. The molecule has 0 bridgehead atoms. The Morgan fingerprint density at radius 2 is 2.29 bits per heavy atom. The molecule has 6 heteroatoms. The molecule has 1 aromatic heterocycles. The van der Waals surface area contributed by atoms with Crippen molar-refractivity contribution < 1.29 is 4.79 Å². The highest BCUT2D eigenvalue weighted by molar-refractivity contribution is 7.98. The first-order valence-electron chi connectivity index (χ1n) is 8.58. The van der Waals surface area contributed by atoms with Crippen LogP contribution in [0.3, 0.4) is 0 Å². The Hall–Kier alpha value is -1.11. The quantitative estimate of drug-likeness (QED) is 0.784. The number of hydrogen-bond donors (Lipinski definition) is 0. The van der Waals surface area contributed by atoms with E-state index >= 15 is 0 Å². The van der Waals surface area contributed by atoms with E-state index in [9.17, 15) is 4.79 Å². The number of thiazole rings is 1. The summed E-state index contributed by atoms with van der Waals surface area (Å²) in [4.78, 5) is 21.6. The average molecular weight is 364 g/mol. The fourth-order valence-corrected chi connectivity index (χ4v) is 5.13. The van der Waals surface area contributed by atoms with Crippen molar-refractivity contribution in [1.29, 1.82) is 0 Å². The summed E-state index contributed by atoms with van der Waals surface area (Å²) >= 11 is 3.51. The number of thioether (sulfide) groups is 1. The molecule has 2 heterocycles. The molecule has 2 aromatic rings. The van der Waals surface area contributed by atoms with E-state index in [4.69, 9.17) is 0 Å². The summed E-state index contributed by atoms with van der Waals surface area (Å²) in [5.41, 5.74) is 0.974. The summed E-state index contributed by atoms with van der Waals surface area (Å²) in [5, 5.41) is 0.821. The smallest absolute Gasteiger partial charge is 0.242 e. The normalized spacial score (nSPS) is 18.8. The lowest BCUT2D eigenvalue weighted by Crippen LogP contribution is -2.44. The maximum Gasteiger partial charge on any atom is 0.242 e. The van der Waals surface area contributed by atoms with Crippen LogP contribution in [0.15, 0.2) is 24.3 Å². The van der Waals surface area contributed by atoms with Crippen molar-refractivity contribution in [2.75, 3.05) is 43.1 Å². The van der Waals surface area contributed by atoms with Gasteiger partial charge in [0.2, 0.25) is 5.91 Å². The van der Waals surface area contributed by atoms with Crippen molar-refractivity contribution in [2.45, 2.75) is 19.8 Å². The molecule has 1 atom stereocenters. The molecule has 1 fully saturated rings. The summed E-state index contributed by atoms with van der Waals surface area (Å²) in [7, 11) is 0. The van der Waals surface area contributed by atoms with Crippen LogP contribution in [0.5, 0.6) is 0 Å². The minimum Gasteiger partial charge on any atom is -0.294 e. The number of benzene rings is 1. The highest BCUT2D eigenvalue weighted by Gasteiger charge is 2.24. The van der Waals surface area contributed by atoms with E-state index < -0.39 is 0 Å². The van der Waals surface area contributed by atoms with Crippen LogP contribution in [0.4, 0.5) is 5.13 Å². The molecule has 1 saturated heterocycles. The second kappa shape index (κ2) is 8.32. The largest absolute Gasteiger partial charge is 0.294 e. The van der Waals surface area contributed by atoms with Gasteiger partial charge in [-0.15, -0.1) is 0 Å². The van der Waals surface area contributed by atoms with Crippen LogP contribution in [-0.4, -0.2) is 54.0 Å². The fraction of sp³-hybridized carbons (Fsp3) is 0.556. The summed E-state index contributed by atoms with van der Waals surface area (Å²) < 4.78 is 1.14. The standard InChI is InChI=1S/C18H25N3OS2/c1-3-21(18-19-15-8-4-5-9-16(15)24-18)17(22)12-20-10-6-7-14(11-20)13-23-2/h4-5,8-9,14H,3,6-7,10-13H2,1-2H3/t14-/m1/s1. The Labute approximate surface area is 152 Å². The van der Waals surface area contributed by atoms with Gasteiger partial charge in [-0.3, -0.25) is 14.6 Å². The van der Waals surface area contributed by atoms with E-state index in [0.717, 1.165) is 34.4 Å². The van der Waals surface area contributed by atoms with Crippen molar-refractivity contribution in [3.05, 3.63) is 24.3 Å². The third kappa shape index (κ3) is 4.10. The van der Waals surface area contributed by atoms with Gasteiger partial charge in [-0.2, -0.15) is 11.8 Å². The summed E-state index contributed by atoms with van der Waals surface area (Å²) in [6.07, 6.45) is 4.66. The SMILES string of the molecule is CCN(C(=O)CN1CCC[C@@H](CSC)C1)c1nc2ccccc2s1. The number of anilines is 1. The van der Waals surface area contributed by atoms with Crippen LogP contribution in [-0.2, 0) is 4.79 Å². The van der Waals surface area contributed by atoms with Crippen LogP contribution >= 0.6 is 23.1 Å². The molecule has 1 aliphatic heterocycles. The van der Waals surface area contributed by atoms with Gasteiger partial charge in [-0.25, -0.2) is 4.98 Å². The van der Waals surface area contributed by atoms with Crippen molar-refractivity contribution >= 4 is 44.4 Å². The molecule has 4 nitrogen and oxygen atoms in total. The maximum atomic E-state index is 12.8. The van der Waals surface area contributed by atoms with Gasteiger partial charge >= 0.3 is 0 Å². The molecule has 0 aliphatic carbocycles. The molecule has 130 valence electrons. The van der Waals surface area contributed by atoms with Crippen LogP contribution < -0.4 is 4.90 Å². The number of carbonyl (C=O) groups excluding carboxylic acids is 1. The number of nitrogens with zero attached hydrogens (tertiary/aromatic N) is 3. The Balaban J connectivity index is 1.67. The maximum absolute atomic E-state index is 12.8. The third-order valence-electron chi connectivity index (χ3n) is 4.50. The lowest BCUT2D eigenvalue weighted by Gasteiger charge is -2.33. The van der Waals surface area contributed by atoms with Gasteiger partial charge in [0.1, 0.15) is 0 Å². The molecule has 24 heavy (non-hydrogen) atoms. The first-order valence-corrected chi connectivity index (χ1v) is 10.8. The minimum absolute atomic E-state index is 0.168. The predicted octanol–water partition coefficient (Wildman–Crippen LogP) is 3.72. The number of likely N-dealkylation sites (N-methyl/N-ethyl adjacent to an activating group) is 1. The van der Waals surface area contributed by atoms with Gasteiger partial charge in [-0.1, -0.05) is 23.5 Å². The molecule has 0 N–H and O–H groups in total. The van der Waals surface area contributed by atoms with Gasteiger partial charge in [-0.05, 0) is 56.4 Å².